The number of phenols is 1. The van der Waals surface area contributed by atoms with E-state index in [-0.39, 0.29) is 16.2 Å². The topological polar surface area (TPSA) is 101 Å². The summed E-state index contributed by atoms with van der Waals surface area (Å²) in [4.78, 5) is -0.198. The molecule has 0 aliphatic heterocycles. The van der Waals surface area contributed by atoms with Gasteiger partial charge in [0, 0.05) is 16.3 Å². The predicted molar refractivity (Wildman–Crippen MR) is 225 cm³/mol. The summed E-state index contributed by atoms with van der Waals surface area (Å²) >= 11 is 0. The summed E-state index contributed by atoms with van der Waals surface area (Å²) in [5.41, 5.74) is 9.64. The molecule has 0 saturated heterocycles. The van der Waals surface area contributed by atoms with Crippen molar-refractivity contribution in [1.82, 2.24) is 0 Å². The molecule has 0 fully saturated rings. The van der Waals surface area contributed by atoms with Crippen LogP contribution in [0, 0.1) is 0 Å². The van der Waals surface area contributed by atoms with Gasteiger partial charge in [0.05, 0.1) is 26.2 Å². The number of unbranched alkanes of at least 4 members (excludes halogenated alkanes) is 7. The van der Waals surface area contributed by atoms with Crippen LogP contribution in [0.5, 0.6) is 5.75 Å². The van der Waals surface area contributed by atoms with Gasteiger partial charge in [-0.2, -0.15) is 8.42 Å². The van der Waals surface area contributed by atoms with Crippen LogP contribution in [-0.4, -0.2) is 48.7 Å². The van der Waals surface area contributed by atoms with Crippen molar-refractivity contribution >= 4 is 20.9 Å². The molecular formula is C45H77N2O4S+. The molecule has 3 aromatic carbocycles. The fraction of sp³-hybridized carbons (Fsp3) is 0.644. The summed E-state index contributed by atoms with van der Waals surface area (Å²) in [5.74, 6) is -0.0157. The lowest BCUT2D eigenvalue weighted by molar-refractivity contribution is -0.929. The molecule has 0 atom stereocenters. The molecule has 0 saturated carbocycles. The van der Waals surface area contributed by atoms with Gasteiger partial charge in [0.25, 0.3) is 10.1 Å². The maximum Gasteiger partial charge on any atom is 0.295 e. The maximum absolute atomic E-state index is 11.0. The van der Waals surface area contributed by atoms with E-state index in [2.05, 4.69) is 72.7 Å². The largest absolute Gasteiger partial charge is 0.507 e. The summed E-state index contributed by atoms with van der Waals surface area (Å²) in [6.45, 7) is 21.8. The third-order valence-corrected chi connectivity index (χ3v) is 11.3. The Morgan fingerprint density at radius 1 is 0.577 bits per heavy atom. The summed E-state index contributed by atoms with van der Waals surface area (Å²) in [6.07, 6.45) is 21.9. The molecule has 0 radical (unpaired) electrons. The highest BCUT2D eigenvalue weighted by atomic mass is 32.2. The highest BCUT2D eigenvalue weighted by Crippen LogP contribution is 2.33. The second-order valence-corrected chi connectivity index (χ2v) is 16.3. The van der Waals surface area contributed by atoms with Crippen molar-refractivity contribution in [2.75, 3.05) is 26.2 Å². The van der Waals surface area contributed by atoms with Crippen LogP contribution in [0.1, 0.15) is 162 Å². The fourth-order valence-electron chi connectivity index (χ4n) is 7.10. The lowest BCUT2D eigenvalue weighted by Gasteiger charge is -2.39. The number of benzene rings is 3. The van der Waals surface area contributed by atoms with E-state index in [0.717, 1.165) is 12.8 Å². The molecule has 4 N–H and O–H groups in total. The molecule has 0 heterocycles. The van der Waals surface area contributed by atoms with Crippen molar-refractivity contribution in [3.05, 3.63) is 71.8 Å². The van der Waals surface area contributed by atoms with E-state index in [1.54, 1.807) is 18.2 Å². The number of quaternary nitrogens is 1. The van der Waals surface area contributed by atoms with Crippen molar-refractivity contribution in [2.24, 2.45) is 5.73 Å². The quantitative estimate of drug-likeness (QED) is 0.0663. The molecule has 6 nitrogen and oxygen atoms in total. The van der Waals surface area contributed by atoms with Gasteiger partial charge in [-0.1, -0.05) is 155 Å². The Kier molecular flexibility index (Phi) is 24.1. The third-order valence-electron chi connectivity index (χ3n) is 10.4. The Morgan fingerprint density at radius 3 is 1.44 bits per heavy atom. The molecule has 0 amide bonds. The average Bonchev–Trinajstić information content (AvgIpc) is 3.15. The zero-order valence-electron chi connectivity index (χ0n) is 34.3. The van der Waals surface area contributed by atoms with Crippen molar-refractivity contribution in [2.45, 2.75) is 168 Å². The number of phenolic OH excluding ortho intramolecular Hbond substituents is 1. The molecule has 0 aliphatic carbocycles. The number of aromatic hydroxyl groups is 1. The van der Waals surface area contributed by atoms with Crippen molar-refractivity contribution < 1.29 is 22.6 Å². The van der Waals surface area contributed by atoms with Crippen LogP contribution in [0.4, 0.5) is 0 Å². The average molecular weight is 742 g/mol. The number of aryl methyl sites for hydroxylation is 1. The zero-order chi connectivity index (χ0) is 38.9. The number of rotatable bonds is 23. The van der Waals surface area contributed by atoms with Gasteiger partial charge in [-0.05, 0) is 74.6 Å². The van der Waals surface area contributed by atoms with Gasteiger partial charge < -0.3 is 15.3 Å². The Morgan fingerprint density at radius 2 is 1.00 bits per heavy atom. The molecule has 0 spiro atoms. The van der Waals surface area contributed by atoms with Gasteiger partial charge in [-0.25, -0.2) is 0 Å². The number of fused-ring (bicyclic) bond motifs is 1. The van der Waals surface area contributed by atoms with Gasteiger partial charge in [0.1, 0.15) is 10.6 Å². The summed E-state index contributed by atoms with van der Waals surface area (Å²) in [5, 5.41) is 10.2. The molecule has 0 aliphatic rings. The van der Waals surface area contributed by atoms with Crippen LogP contribution in [-0.2, 0) is 22.1 Å². The predicted octanol–water partition coefficient (Wildman–Crippen LogP) is 12.4. The van der Waals surface area contributed by atoms with Crippen LogP contribution in [0.25, 0.3) is 10.8 Å². The smallest absolute Gasteiger partial charge is 0.295 e. The van der Waals surface area contributed by atoms with Crippen LogP contribution < -0.4 is 5.73 Å². The SMILES string of the molecule is CCCC[N+](CCCC)(CCCC)CCCC.CCCCc1ccccc1C(N)(CCCC)CCCC.O=S(=O)(O)c1ccc(O)c2ccccc12. The molecule has 0 bridgehead atoms. The maximum atomic E-state index is 11.0. The first kappa shape index (κ1) is 47.6. The van der Waals surface area contributed by atoms with E-state index in [9.17, 15) is 13.5 Å². The summed E-state index contributed by atoms with van der Waals surface area (Å²) < 4.78 is 32.5. The van der Waals surface area contributed by atoms with Crippen molar-refractivity contribution in [1.29, 1.82) is 0 Å². The van der Waals surface area contributed by atoms with E-state index >= 15 is 0 Å². The van der Waals surface area contributed by atoms with Crippen LogP contribution in [0.3, 0.4) is 0 Å². The molecule has 52 heavy (non-hydrogen) atoms. The van der Waals surface area contributed by atoms with Crippen LogP contribution >= 0.6 is 0 Å². The number of nitrogens with two attached hydrogens (primary N) is 1. The molecule has 296 valence electrons. The van der Waals surface area contributed by atoms with Crippen LogP contribution in [0.2, 0.25) is 0 Å². The monoisotopic (exact) mass is 742 g/mol. The Labute approximate surface area is 319 Å². The third kappa shape index (κ3) is 16.7. The van der Waals surface area contributed by atoms with E-state index in [1.165, 1.54) is 156 Å². The molecule has 7 heteroatoms. The lowest BCUT2D eigenvalue weighted by Crippen LogP contribution is -2.50. The van der Waals surface area contributed by atoms with E-state index in [1.807, 2.05) is 0 Å². The summed E-state index contributed by atoms with van der Waals surface area (Å²) in [7, 11) is -4.26. The van der Waals surface area contributed by atoms with Gasteiger partial charge in [-0.15, -0.1) is 0 Å². The lowest BCUT2D eigenvalue weighted by atomic mass is 9.78. The minimum atomic E-state index is -4.26. The minimum Gasteiger partial charge on any atom is -0.507 e. The molecule has 3 aromatic rings. The molecule has 0 aromatic heterocycles. The standard InChI is InChI=1S/C19H33N.C16H36N.C10H8O4S/c1-4-7-12-17-13-10-11-14-18(17)19(20,15-8-5-2)16-9-6-3;1-5-9-13-17(14-10-6-2,15-11-7-3)16-12-8-4;11-9-5-6-10(15(12,13)14)8-4-2-1-3-7(8)9/h10-11,13-14H,4-9,12,15-16,20H2,1-3H3;5-16H2,1-4H3;1-6,11H,(H,12,13,14)/q;+1;. The van der Waals surface area contributed by atoms with Crippen molar-refractivity contribution in [3.8, 4) is 5.75 Å². The summed E-state index contributed by atoms with van der Waals surface area (Å²) in [6, 6.07) is 17.7. The van der Waals surface area contributed by atoms with Crippen molar-refractivity contribution in [3.63, 3.8) is 0 Å². The first-order valence-electron chi connectivity index (χ1n) is 20.8. The number of nitrogens with zero attached hydrogens (tertiary/aromatic N) is 1. The highest BCUT2D eigenvalue weighted by molar-refractivity contribution is 7.86. The minimum absolute atomic E-state index is 0.0157. The van der Waals surface area contributed by atoms with Gasteiger partial charge >= 0.3 is 0 Å². The normalized spacial score (nSPS) is 11.9. The molecular weight excluding hydrogens is 665 g/mol. The Hall–Kier alpha value is -2.45. The Bertz CT molecular complexity index is 1430. The van der Waals surface area contributed by atoms with E-state index < -0.39 is 10.1 Å². The van der Waals surface area contributed by atoms with E-state index in [0.29, 0.717) is 10.8 Å². The number of hydrogen-bond donors (Lipinski definition) is 3. The Balaban J connectivity index is 0.000000394. The first-order valence-corrected chi connectivity index (χ1v) is 22.3. The van der Waals surface area contributed by atoms with Crippen LogP contribution in [0.15, 0.2) is 65.6 Å². The second kappa shape index (κ2) is 26.3. The molecule has 0 unspecified atom stereocenters. The van der Waals surface area contributed by atoms with E-state index in [4.69, 9.17) is 10.3 Å². The first-order chi connectivity index (χ1) is 24.9. The van der Waals surface area contributed by atoms with Gasteiger partial charge in [0.2, 0.25) is 0 Å². The van der Waals surface area contributed by atoms with Gasteiger partial charge in [-0.3, -0.25) is 4.55 Å². The number of hydrogen-bond acceptors (Lipinski definition) is 4. The zero-order valence-corrected chi connectivity index (χ0v) is 35.1. The molecule has 3 rings (SSSR count). The highest BCUT2D eigenvalue weighted by Gasteiger charge is 2.28. The second-order valence-electron chi connectivity index (χ2n) is 14.9. The fourth-order valence-corrected chi connectivity index (χ4v) is 7.79. The van der Waals surface area contributed by atoms with Gasteiger partial charge in [0.15, 0.2) is 0 Å².